The largest absolute Gasteiger partial charge is 0.508 e. The van der Waals surface area contributed by atoms with Crippen LogP contribution in [0.5, 0.6) is 5.75 Å². The molecule has 0 spiro atoms. The first-order valence-corrected chi connectivity index (χ1v) is 3.97. The van der Waals surface area contributed by atoms with Gasteiger partial charge in [-0.2, -0.15) is 0 Å². The molecule has 0 aliphatic rings. The Morgan fingerprint density at radius 1 is 1.57 bits per heavy atom. The van der Waals surface area contributed by atoms with Gasteiger partial charge < -0.3 is 15.9 Å². The predicted octanol–water partition coefficient (Wildman–Crippen LogP) is 1.01. The Hall–Kier alpha value is -1.62. The van der Waals surface area contributed by atoms with E-state index in [4.69, 9.17) is 10.8 Å². The fourth-order valence-electron chi connectivity index (χ4n) is 1.18. The summed E-state index contributed by atoms with van der Waals surface area (Å²) >= 11 is 0. The van der Waals surface area contributed by atoms with Gasteiger partial charge in [-0.15, -0.1) is 0 Å². The number of benzene rings is 1. The molecular weight excluding hydrogens is 189 g/mol. The molecule has 76 valence electrons. The molecular formula is C9H10FNO3. The zero-order valence-electron chi connectivity index (χ0n) is 7.27. The summed E-state index contributed by atoms with van der Waals surface area (Å²) in [6, 6.07) is 2.67. The predicted molar refractivity (Wildman–Crippen MR) is 47.2 cm³/mol. The van der Waals surface area contributed by atoms with E-state index in [0.29, 0.717) is 0 Å². The van der Waals surface area contributed by atoms with Crippen molar-refractivity contribution < 1.29 is 19.4 Å². The Morgan fingerprint density at radius 3 is 2.71 bits per heavy atom. The van der Waals surface area contributed by atoms with E-state index < -0.39 is 24.2 Å². The van der Waals surface area contributed by atoms with Gasteiger partial charge in [-0.3, -0.25) is 4.79 Å². The Morgan fingerprint density at radius 2 is 2.21 bits per heavy atom. The number of rotatable bonds is 3. The third-order valence-electron chi connectivity index (χ3n) is 1.80. The summed E-state index contributed by atoms with van der Waals surface area (Å²) < 4.78 is 13.1. The van der Waals surface area contributed by atoms with Gasteiger partial charge in [0, 0.05) is 11.6 Å². The highest BCUT2D eigenvalue weighted by Gasteiger charge is 2.18. The van der Waals surface area contributed by atoms with Gasteiger partial charge in [0.2, 0.25) is 0 Å². The molecule has 5 heteroatoms. The number of carboxylic acid groups (broad SMARTS) is 1. The lowest BCUT2D eigenvalue weighted by Crippen LogP contribution is -2.16. The summed E-state index contributed by atoms with van der Waals surface area (Å²) in [6.45, 7) is 0. The van der Waals surface area contributed by atoms with Crippen molar-refractivity contribution in [3.8, 4) is 5.75 Å². The standard InChI is InChI=1S/C9H10FNO3/c10-5-2-1-3-7(12)9(5)6(11)4-8(13)14/h1-3,6,12H,4,11H2,(H,13,14)/t6-/m0/s1. The SMILES string of the molecule is N[C@@H](CC(=O)O)c1c(O)cccc1F. The first kappa shape index (κ1) is 10.5. The van der Waals surface area contributed by atoms with Gasteiger partial charge in [0.1, 0.15) is 11.6 Å². The molecule has 0 saturated heterocycles. The monoisotopic (exact) mass is 199 g/mol. The van der Waals surface area contributed by atoms with E-state index in [-0.39, 0.29) is 11.3 Å². The average Bonchev–Trinajstić information content (AvgIpc) is 2.01. The van der Waals surface area contributed by atoms with Crippen molar-refractivity contribution in [3.05, 3.63) is 29.6 Å². The van der Waals surface area contributed by atoms with Crippen LogP contribution in [0.2, 0.25) is 0 Å². The molecule has 0 unspecified atom stereocenters. The number of aliphatic carboxylic acids is 1. The highest BCUT2D eigenvalue weighted by molar-refractivity contribution is 5.68. The summed E-state index contributed by atoms with van der Waals surface area (Å²) in [5, 5.41) is 17.7. The van der Waals surface area contributed by atoms with E-state index in [1.807, 2.05) is 0 Å². The number of nitrogens with two attached hydrogens (primary N) is 1. The van der Waals surface area contributed by atoms with Crippen LogP contribution in [0.1, 0.15) is 18.0 Å². The molecule has 1 atom stereocenters. The number of halogens is 1. The molecule has 0 aliphatic carbocycles. The van der Waals surface area contributed by atoms with E-state index in [0.717, 1.165) is 6.07 Å². The van der Waals surface area contributed by atoms with Gasteiger partial charge >= 0.3 is 5.97 Å². The molecule has 0 aliphatic heterocycles. The third-order valence-corrected chi connectivity index (χ3v) is 1.80. The van der Waals surface area contributed by atoms with Crippen LogP contribution < -0.4 is 5.73 Å². The smallest absolute Gasteiger partial charge is 0.305 e. The number of aromatic hydroxyl groups is 1. The van der Waals surface area contributed by atoms with Crippen molar-refractivity contribution in [2.45, 2.75) is 12.5 Å². The summed E-state index contributed by atoms with van der Waals surface area (Å²) in [5.41, 5.74) is 5.26. The fraction of sp³-hybridized carbons (Fsp3) is 0.222. The van der Waals surface area contributed by atoms with E-state index in [9.17, 15) is 14.3 Å². The van der Waals surface area contributed by atoms with Crippen molar-refractivity contribution in [1.82, 2.24) is 0 Å². The lowest BCUT2D eigenvalue weighted by atomic mass is 10.0. The maximum atomic E-state index is 13.1. The lowest BCUT2D eigenvalue weighted by Gasteiger charge is -2.11. The van der Waals surface area contributed by atoms with Crippen molar-refractivity contribution >= 4 is 5.97 Å². The first-order valence-electron chi connectivity index (χ1n) is 3.97. The molecule has 0 fully saturated rings. The second-order valence-corrected chi connectivity index (χ2v) is 2.88. The quantitative estimate of drug-likeness (QED) is 0.678. The maximum absolute atomic E-state index is 13.1. The van der Waals surface area contributed by atoms with Crippen molar-refractivity contribution in [3.63, 3.8) is 0 Å². The van der Waals surface area contributed by atoms with Gasteiger partial charge in [-0.1, -0.05) is 6.07 Å². The lowest BCUT2D eigenvalue weighted by molar-refractivity contribution is -0.137. The van der Waals surface area contributed by atoms with Gasteiger partial charge in [0.15, 0.2) is 0 Å². The molecule has 4 nitrogen and oxygen atoms in total. The molecule has 0 radical (unpaired) electrons. The zero-order valence-corrected chi connectivity index (χ0v) is 7.27. The van der Waals surface area contributed by atoms with Crippen LogP contribution in [0.3, 0.4) is 0 Å². The van der Waals surface area contributed by atoms with E-state index in [1.54, 1.807) is 0 Å². The molecule has 1 rings (SSSR count). The van der Waals surface area contributed by atoms with Crippen LogP contribution in [0.25, 0.3) is 0 Å². The maximum Gasteiger partial charge on any atom is 0.305 e. The molecule has 0 saturated carbocycles. The minimum Gasteiger partial charge on any atom is -0.508 e. The van der Waals surface area contributed by atoms with Gasteiger partial charge in [0.05, 0.1) is 6.42 Å². The topological polar surface area (TPSA) is 83.6 Å². The van der Waals surface area contributed by atoms with Crippen LogP contribution in [0.15, 0.2) is 18.2 Å². The number of hydrogen-bond acceptors (Lipinski definition) is 3. The molecule has 0 bridgehead atoms. The number of hydrogen-bond donors (Lipinski definition) is 3. The molecule has 1 aromatic rings. The van der Waals surface area contributed by atoms with Crippen molar-refractivity contribution in [2.75, 3.05) is 0 Å². The van der Waals surface area contributed by atoms with Crippen LogP contribution >= 0.6 is 0 Å². The molecule has 1 aromatic carbocycles. The van der Waals surface area contributed by atoms with Crippen molar-refractivity contribution in [2.24, 2.45) is 5.73 Å². The summed E-state index contributed by atoms with van der Waals surface area (Å²) in [6.07, 6.45) is -0.422. The molecule has 4 N–H and O–H groups in total. The average molecular weight is 199 g/mol. The summed E-state index contributed by atoms with van der Waals surface area (Å²) in [5.74, 6) is -2.15. The second kappa shape index (κ2) is 4.06. The van der Waals surface area contributed by atoms with Crippen LogP contribution in [0, 0.1) is 5.82 Å². The van der Waals surface area contributed by atoms with Crippen LogP contribution in [0.4, 0.5) is 4.39 Å². The number of carbonyl (C=O) groups is 1. The Balaban J connectivity index is 2.99. The van der Waals surface area contributed by atoms with Gasteiger partial charge in [-0.25, -0.2) is 4.39 Å². The normalized spacial score (nSPS) is 12.4. The molecule has 0 amide bonds. The van der Waals surface area contributed by atoms with Gasteiger partial charge in [-0.05, 0) is 12.1 Å². The molecule has 0 heterocycles. The van der Waals surface area contributed by atoms with E-state index >= 15 is 0 Å². The number of phenols is 1. The van der Waals surface area contributed by atoms with Crippen molar-refractivity contribution in [1.29, 1.82) is 0 Å². The Labute approximate surface area is 79.8 Å². The molecule has 14 heavy (non-hydrogen) atoms. The van der Waals surface area contributed by atoms with E-state index in [2.05, 4.69) is 0 Å². The zero-order chi connectivity index (χ0) is 10.7. The highest BCUT2D eigenvalue weighted by atomic mass is 19.1. The molecule has 0 aromatic heterocycles. The second-order valence-electron chi connectivity index (χ2n) is 2.88. The van der Waals surface area contributed by atoms with Gasteiger partial charge in [0.25, 0.3) is 0 Å². The number of carboxylic acids is 1. The Bertz CT molecular complexity index is 334. The van der Waals surface area contributed by atoms with E-state index in [1.165, 1.54) is 12.1 Å². The fourth-order valence-corrected chi connectivity index (χ4v) is 1.18. The minimum atomic E-state index is -1.14. The summed E-state index contributed by atoms with van der Waals surface area (Å²) in [7, 11) is 0. The highest BCUT2D eigenvalue weighted by Crippen LogP contribution is 2.27. The number of phenolic OH excluding ortho intramolecular Hbond substituents is 1. The van der Waals surface area contributed by atoms with Crippen LogP contribution in [-0.2, 0) is 4.79 Å². The third kappa shape index (κ3) is 2.20. The Kier molecular flexibility index (Phi) is 3.03. The summed E-state index contributed by atoms with van der Waals surface area (Å²) in [4.78, 5) is 10.3. The van der Waals surface area contributed by atoms with Crippen LogP contribution in [-0.4, -0.2) is 16.2 Å². The minimum absolute atomic E-state index is 0.157. The first-order chi connectivity index (χ1) is 6.52.